The molecule has 0 unspecified atom stereocenters. The second-order valence-corrected chi connectivity index (χ2v) is 2.58. The Hall–Kier alpha value is -1.64. The molecule has 60 valence electrons. The lowest BCUT2D eigenvalue weighted by Gasteiger charge is -2.19. The molecule has 12 heavy (non-hydrogen) atoms. The Balaban J connectivity index is 2.52. The molecule has 0 atom stereocenters. The average Bonchev–Trinajstić information content (AvgIpc) is 2.17. The van der Waals surface area contributed by atoms with E-state index in [1.165, 1.54) is 0 Å². The Labute approximate surface area is 70.3 Å². The second-order valence-electron chi connectivity index (χ2n) is 2.58. The van der Waals surface area contributed by atoms with Crippen molar-refractivity contribution in [2.24, 2.45) is 0 Å². The van der Waals surface area contributed by atoms with Crippen molar-refractivity contribution in [1.82, 2.24) is 4.98 Å². The average molecular weight is 160 g/mol. The quantitative estimate of drug-likeness (QED) is 0.576. The predicted molar refractivity (Wildman–Crippen MR) is 46.7 cm³/mol. The largest absolute Gasteiger partial charge is 0.295 e. The van der Waals surface area contributed by atoms with Gasteiger partial charge in [0.1, 0.15) is 5.82 Å². The van der Waals surface area contributed by atoms with Gasteiger partial charge in [0.05, 0.1) is 0 Å². The zero-order chi connectivity index (χ0) is 8.39. The molecular weight excluding hydrogens is 152 g/mol. The molecule has 3 nitrogen and oxygen atoms in total. The zero-order valence-electron chi connectivity index (χ0n) is 6.47. The van der Waals surface area contributed by atoms with Crippen molar-refractivity contribution in [3.8, 4) is 0 Å². The number of fused-ring (bicyclic) bond motifs is 1. The van der Waals surface area contributed by atoms with Crippen molar-refractivity contribution in [2.45, 2.75) is 0 Å². The van der Waals surface area contributed by atoms with Crippen LogP contribution in [0.4, 0.5) is 5.82 Å². The first-order valence-corrected chi connectivity index (χ1v) is 3.75. The number of anilines is 1. The van der Waals surface area contributed by atoms with E-state index in [-0.39, 0.29) is 0 Å². The highest BCUT2D eigenvalue weighted by Crippen LogP contribution is 2.20. The van der Waals surface area contributed by atoms with Crippen molar-refractivity contribution in [3.05, 3.63) is 30.0 Å². The third kappa shape index (κ3) is 0.993. The molecule has 1 aliphatic heterocycles. The van der Waals surface area contributed by atoms with Crippen LogP contribution >= 0.6 is 0 Å². The third-order valence-corrected chi connectivity index (χ3v) is 1.82. The molecule has 1 aromatic rings. The molecule has 0 bridgehead atoms. The fourth-order valence-corrected chi connectivity index (χ4v) is 1.25. The number of nitrogens with zero attached hydrogens (tertiary/aromatic N) is 2. The minimum Gasteiger partial charge on any atom is -0.295 e. The van der Waals surface area contributed by atoms with Crippen LogP contribution in [0.5, 0.6) is 0 Å². The van der Waals surface area contributed by atoms with Crippen LogP contribution in [0.3, 0.4) is 0 Å². The van der Waals surface area contributed by atoms with Crippen LogP contribution in [0.15, 0.2) is 24.4 Å². The van der Waals surface area contributed by atoms with Gasteiger partial charge in [0.25, 0.3) is 0 Å². The molecule has 3 heteroatoms. The molecular formula is C9H8N2O. The predicted octanol–water partition coefficient (Wildman–Crippen LogP) is 1.07. The summed E-state index contributed by atoms with van der Waals surface area (Å²) >= 11 is 0. The molecule has 0 radical (unpaired) electrons. The fourth-order valence-electron chi connectivity index (χ4n) is 1.25. The number of hydrogen-bond donors (Lipinski definition) is 0. The molecule has 2 heterocycles. The summed E-state index contributed by atoms with van der Waals surface area (Å²) in [5, 5.41) is 0. The monoisotopic (exact) mass is 160 g/mol. The number of aromatic nitrogens is 1. The van der Waals surface area contributed by atoms with Gasteiger partial charge in [-0.3, -0.25) is 9.69 Å². The Bertz CT molecular complexity index is 333. The molecule has 1 aliphatic rings. The van der Waals surface area contributed by atoms with Gasteiger partial charge in [-0.2, -0.15) is 0 Å². The number of rotatable bonds is 1. The van der Waals surface area contributed by atoms with Crippen LogP contribution in [0, 0.1) is 0 Å². The van der Waals surface area contributed by atoms with Gasteiger partial charge in [-0.05, 0) is 12.1 Å². The first-order valence-electron chi connectivity index (χ1n) is 3.75. The van der Waals surface area contributed by atoms with Crippen molar-refractivity contribution in [3.63, 3.8) is 0 Å². The van der Waals surface area contributed by atoms with Crippen LogP contribution in [0.1, 0.15) is 5.56 Å². The normalized spacial score (nSPS) is 14.2. The van der Waals surface area contributed by atoms with Gasteiger partial charge >= 0.3 is 0 Å². The Kier molecular flexibility index (Phi) is 1.63. The molecule has 1 amide bonds. The lowest BCUT2D eigenvalue weighted by atomic mass is 10.2. The van der Waals surface area contributed by atoms with Gasteiger partial charge < -0.3 is 0 Å². The maximum absolute atomic E-state index is 10.6. The molecule has 0 saturated carbocycles. The Morgan fingerprint density at radius 3 is 3.33 bits per heavy atom. The first-order chi connectivity index (χ1) is 5.92. The van der Waals surface area contributed by atoms with Crippen LogP contribution < -0.4 is 4.90 Å². The number of carbonyl (C=O) groups is 1. The van der Waals surface area contributed by atoms with E-state index in [1.54, 1.807) is 11.1 Å². The highest BCUT2D eigenvalue weighted by atomic mass is 16.1. The van der Waals surface area contributed by atoms with Crippen molar-refractivity contribution >= 4 is 18.3 Å². The summed E-state index contributed by atoms with van der Waals surface area (Å²) in [7, 11) is 0. The number of hydrogen-bond acceptors (Lipinski definition) is 2. The summed E-state index contributed by atoms with van der Waals surface area (Å²) in [6.45, 7) is 0.619. The zero-order valence-corrected chi connectivity index (χ0v) is 6.47. The topological polar surface area (TPSA) is 33.2 Å². The maximum Gasteiger partial charge on any atom is 0.215 e. The number of pyridine rings is 1. The van der Waals surface area contributed by atoms with Crippen molar-refractivity contribution in [2.75, 3.05) is 11.4 Å². The first kappa shape index (κ1) is 7.03. The Morgan fingerprint density at radius 1 is 1.58 bits per heavy atom. The van der Waals surface area contributed by atoms with E-state index in [0.717, 1.165) is 17.8 Å². The molecule has 0 fully saturated rings. The highest BCUT2D eigenvalue weighted by molar-refractivity contribution is 5.81. The van der Waals surface area contributed by atoms with Crippen molar-refractivity contribution < 1.29 is 4.79 Å². The van der Waals surface area contributed by atoms with Crippen molar-refractivity contribution in [1.29, 1.82) is 0 Å². The van der Waals surface area contributed by atoms with E-state index < -0.39 is 0 Å². The van der Waals surface area contributed by atoms with Gasteiger partial charge in [0.2, 0.25) is 6.41 Å². The van der Waals surface area contributed by atoms with E-state index in [9.17, 15) is 4.79 Å². The minimum atomic E-state index is 0.619. The van der Waals surface area contributed by atoms with E-state index in [1.807, 2.05) is 24.3 Å². The smallest absolute Gasteiger partial charge is 0.215 e. The number of carbonyl (C=O) groups excluding carboxylic acids is 1. The van der Waals surface area contributed by atoms with Gasteiger partial charge in [-0.15, -0.1) is 0 Å². The molecule has 1 aromatic heterocycles. The lowest BCUT2D eigenvalue weighted by molar-refractivity contribution is -0.107. The SMILES string of the molecule is O=CN1CC=Cc2cccnc21. The summed E-state index contributed by atoms with van der Waals surface area (Å²) in [5.74, 6) is 0.745. The van der Waals surface area contributed by atoms with Crippen LogP contribution in [0.25, 0.3) is 6.08 Å². The van der Waals surface area contributed by atoms with Gasteiger partial charge in [0.15, 0.2) is 0 Å². The molecule has 0 spiro atoms. The minimum absolute atomic E-state index is 0.619. The van der Waals surface area contributed by atoms with E-state index in [2.05, 4.69) is 4.98 Å². The summed E-state index contributed by atoms with van der Waals surface area (Å²) in [5.41, 5.74) is 0.996. The summed E-state index contributed by atoms with van der Waals surface area (Å²) in [6, 6.07) is 3.80. The maximum atomic E-state index is 10.6. The van der Waals surface area contributed by atoms with E-state index >= 15 is 0 Å². The fraction of sp³-hybridized carbons (Fsp3) is 0.111. The van der Waals surface area contributed by atoms with Crippen LogP contribution in [-0.2, 0) is 4.79 Å². The summed E-state index contributed by atoms with van der Waals surface area (Å²) < 4.78 is 0. The van der Waals surface area contributed by atoms with Gasteiger partial charge in [-0.25, -0.2) is 4.98 Å². The third-order valence-electron chi connectivity index (χ3n) is 1.82. The van der Waals surface area contributed by atoms with Gasteiger partial charge in [0, 0.05) is 18.3 Å². The second kappa shape index (κ2) is 2.77. The Morgan fingerprint density at radius 2 is 2.50 bits per heavy atom. The van der Waals surface area contributed by atoms with E-state index in [4.69, 9.17) is 0 Å². The number of amides is 1. The molecule has 0 saturated heterocycles. The summed E-state index contributed by atoms with van der Waals surface area (Å²) in [6.07, 6.45) is 6.41. The van der Waals surface area contributed by atoms with Crippen LogP contribution in [0.2, 0.25) is 0 Å². The highest BCUT2D eigenvalue weighted by Gasteiger charge is 2.11. The molecule has 0 aromatic carbocycles. The molecule has 2 rings (SSSR count). The lowest BCUT2D eigenvalue weighted by Crippen LogP contribution is -2.24. The summed E-state index contributed by atoms with van der Waals surface area (Å²) in [4.78, 5) is 16.3. The standard InChI is InChI=1S/C9H8N2O/c12-7-11-6-2-4-8-3-1-5-10-9(8)11/h1-5,7H,6H2. The molecule has 0 N–H and O–H groups in total. The van der Waals surface area contributed by atoms with Gasteiger partial charge in [-0.1, -0.05) is 12.2 Å². The van der Waals surface area contributed by atoms with E-state index in [0.29, 0.717) is 6.54 Å². The van der Waals surface area contributed by atoms with Crippen LogP contribution in [-0.4, -0.2) is 17.9 Å². The molecule has 0 aliphatic carbocycles.